The zero-order valence-corrected chi connectivity index (χ0v) is 13.8. The molecule has 0 aliphatic carbocycles. The molecule has 0 spiro atoms. The number of rotatable bonds is 9. The average Bonchev–Trinajstić information content (AvgIpc) is 3.00. The Bertz CT molecular complexity index is 615. The molecule has 7 nitrogen and oxygen atoms in total. The monoisotopic (exact) mass is 336 g/mol. The highest BCUT2D eigenvalue weighted by molar-refractivity contribution is 7.15. The van der Waals surface area contributed by atoms with Gasteiger partial charge in [-0.25, -0.2) is 0 Å². The third kappa shape index (κ3) is 5.84. The summed E-state index contributed by atoms with van der Waals surface area (Å²) in [6.45, 7) is 3.11. The van der Waals surface area contributed by atoms with Crippen molar-refractivity contribution in [1.29, 1.82) is 0 Å². The smallest absolute Gasteiger partial charge is 0.239 e. The molecule has 1 aromatic heterocycles. The molecule has 124 valence electrons. The van der Waals surface area contributed by atoms with Crippen molar-refractivity contribution in [2.75, 3.05) is 25.1 Å². The summed E-state index contributed by atoms with van der Waals surface area (Å²) in [6, 6.07) is 7.54. The molecule has 1 heterocycles. The van der Waals surface area contributed by atoms with Crippen LogP contribution in [0, 0.1) is 0 Å². The summed E-state index contributed by atoms with van der Waals surface area (Å²) in [7, 11) is 0. The van der Waals surface area contributed by atoms with E-state index in [1.807, 2.05) is 31.2 Å². The molecule has 0 unspecified atom stereocenters. The fraction of sp³-hybridized carbons (Fsp3) is 0.400. The molecular formula is C15H20N4O3S. The van der Waals surface area contributed by atoms with Crippen LogP contribution >= 0.6 is 11.3 Å². The molecule has 0 fully saturated rings. The number of aromatic nitrogens is 2. The molecule has 0 saturated carbocycles. The first-order chi connectivity index (χ1) is 11.2. The van der Waals surface area contributed by atoms with Gasteiger partial charge in [-0.2, -0.15) is 0 Å². The number of nitrogens with one attached hydrogen (secondary N) is 1. The number of carbonyl (C=O) groups is 1. The van der Waals surface area contributed by atoms with E-state index in [-0.39, 0.29) is 12.5 Å². The zero-order chi connectivity index (χ0) is 16.5. The quantitative estimate of drug-likeness (QED) is 0.678. The topological polar surface area (TPSA) is 99.4 Å². The second kappa shape index (κ2) is 9.06. The van der Waals surface area contributed by atoms with E-state index in [0.717, 1.165) is 29.3 Å². The Morgan fingerprint density at radius 2 is 1.91 bits per heavy atom. The van der Waals surface area contributed by atoms with Crippen LogP contribution in [0.25, 0.3) is 0 Å². The van der Waals surface area contributed by atoms with E-state index in [4.69, 9.17) is 15.2 Å². The Kier molecular flexibility index (Phi) is 6.76. The van der Waals surface area contributed by atoms with Gasteiger partial charge in [0, 0.05) is 6.42 Å². The molecule has 3 N–H and O–H groups in total. The minimum atomic E-state index is -0.272. The first-order valence-corrected chi connectivity index (χ1v) is 8.21. The van der Waals surface area contributed by atoms with Gasteiger partial charge in [0.25, 0.3) is 0 Å². The number of aryl methyl sites for hydroxylation is 1. The van der Waals surface area contributed by atoms with Crippen molar-refractivity contribution in [2.24, 2.45) is 5.73 Å². The van der Waals surface area contributed by atoms with E-state index >= 15 is 0 Å². The number of hydrogen-bond acceptors (Lipinski definition) is 7. The summed E-state index contributed by atoms with van der Waals surface area (Å²) < 4.78 is 11.0. The van der Waals surface area contributed by atoms with E-state index in [1.165, 1.54) is 11.3 Å². The van der Waals surface area contributed by atoms with Crippen LogP contribution in [0.5, 0.6) is 11.5 Å². The number of hydrogen-bond donors (Lipinski definition) is 2. The van der Waals surface area contributed by atoms with Gasteiger partial charge in [-0.3, -0.25) is 10.1 Å². The third-order valence-corrected chi connectivity index (χ3v) is 3.74. The van der Waals surface area contributed by atoms with Crippen molar-refractivity contribution >= 4 is 22.4 Å². The lowest BCUT2D eigenvalue weighted by Gasteiger charge is -2.07. The molecule has 1 amide bonds. The Morgan fingerprint density at radius 3 is 2.57 bits per heavy atom. The molecule has 0 radical (unpaired) electrons. The summed E-state index contributed by atoms with van der Waals surface area (Å²) in [4.78, 5) is 11.1. The third-order valence-electron chi connectivity index (χ3n) is 2.84. The van der Waals surface area contributed by atoms with Gasteiger partial charge >= 0.3 is 0 Å². The molecule has 0 atom stereocenters. The number of benzene rings is 1. The van der Waals surface area contributed by atoms with Crippen molar-refractivity contribution in [1.82, 2.24) is 10.2 Å². The predicted octanol–water partition coefficient (Wildman–Crippen LogP) is 1.85. The summed E-state index contributed by atoms with van der Waals surface area (Å²) in [5.41, 5.74) is 5.23. The fourth-order valence-corrected chi connectivity index (χ4v) is 2.59. The number of ether oxygens (including phenoxy) is 2. The highest BCUT2D eigenvalue weighted by Gasteiger charge is 2.06. The Labute approximate surface area is 138 Å². The van der Waals surface area contributed by atoms with Gasteiger partial charge < -0.3 is 15.2 Å². The van der Waals surface area contributed by atoms with Crippen LogP contribution < -0.4 is 20.5 Å². The van der Waals surface area contributed by atoms with Gasteiger partial charge in [0.2, 0.25) is 11.0 Å². The van der Waals surface area contributed by atoms with Gasteiger partial charge in [-0.05, 0) is 37.6 Å². The fourth-order valence-electron chi connectivity index (χ4n) is 1.79. The van der Waals surface area contributed by atoms with Crippen molar-refractivity contribution < 1.29 is 14.3 Å². The molecule has 0 saturated heterocycles. The lowest BCUT2D eigenvalue weighted by Crippen LogP contribution is -2.21. The van der Waals surface area contributed by atoms with Gasteiger partial charge in [-0.1, -0.05) is 11.3 Å². The minimum absolute atomic E-state index is 0.0646. The van der Waals surface area contributed by atoms with E-state index in [1.54, 1.807) is 0 Å². The summed E-state index contributed by atoms with van der Waals surface area (Å²) >= 11 is 1.35. The minimum Gasteiger partial charge on any atom is -0.494 e. The van der Waals surface area contributed by atoms with Gasteiger partial charge in [0.1, 0.15) is 16.5 Å². The highest BCUT2D eigenvalue weighted by atomic mass is 32.1. The maximum atomic E-state index is 11.1. The molecular weight excluding hydrogens is 316 g/mol. The average molecular weight is 336 g/mol. The highest BCUT2D eigenvalue weighted by Crippen LogP contribution is 2.19. The van der Waals surface area contributed by atoms with E-state index in [2.05, 4.69) is 15.5 Å². The molecule has 0 aliphatic heterocycles. The van der Waals surface area contributed by atoms with E-state index < -0.39 is 0 Å². The second-order valence-electron chi connectivity index (χ2n) is 4.61. The lowest BCUT2D eigenvalue weighted by atomic mass is 10.3. The van der Waals surface area contributed by atoms with Crippen LogP contribution in [0.1, 0.15) is 18.4 Å². The summed E-state index contributed by atoms with van der Waals surface area (Å²) in [5, 5.41) is 11.8. The molecule has 8 heteroatoms. The van der Waals surface area contributed by atoms with Crippen LogP contribution in [0.3, 0.4) is 0 Å². The van der Waals surface area contributed by atoms with Crippen LogP contribution in [-0.2, 0) is 11.2 Å². The Morgan fingerprint density at radius 1 is 1.22 bits per heavy atom. The van der Waals surface area contributed by atoms with E-state index in [0.29, 0.717) is 18.3 Å². The largest absolute Gasteiger partial charge is 0.494 e. The maximum absolute atomic E-state index is 11.1. The van der Waals surface area contributed by atoms with Gasteiger partial charge in [0.15, 0.2) is 0 Å². The van der Waals surface area contributed by atoms with Gasteiger partial charge in [0.05, 0.1) is 19.8 Å². The first-order valence-electron chi connectivity index (χ1n) is 7.39. The number of carbonyl (C=O) groups excluding carboxylic acids is 1. The molecule has 2 aromatic rings. The lowest BCUT2D eigenvalue weighted by molar-refractivity contribution is -0.114. The Balaban J connectivity index is 1.69. The van der Waals surface area contributed by atoms with Crippen LogP contribution in [0.15, 0.2) is 24.3 Å². The van der Waals surface area contributed by atoms with Crippen molar-refractivity contribution in [3.8, 4) is 11.5 Å². The van der Waals surface area contributed by atoms with Gasteiger partial charge in [-0.15, -0.1) is 10.2 Å². The summed E-state index contributed by atoms with van der Waals surface area (Å²) in [5.74, 6) is 1.37. The number of anilines is 1. The first kappa shape index (κ1) is 17.2. The van der Waals surface area contributed by atoms with Crippen LogP contribution in [0.2, 0.25) is 0 Å². The molecule has 0 bridgehead atoms. The second-order valence-corrected chi connectivity index (χ2v) is 5.67. The molecule has 1 aromatic carbocycles. The van der Waals surface area contributed by atoms with Crippen molar-refractivity contribution in [2.45, 2.75) is 19.8 Å². The van der Waals surface area contributed by atoms with E-state index in [9.17, 15) is 4.79 Å². The van der Waals surface area contributed by atoms with Crippen molar-refractivity contribution in [3.63, 3.8) is 0 Å². The number of nitrogens with zero attached hydrogens (tertiary/aromatic N) is 2. The molecule has 23 heavy (non-hydrogen) atoms. The zero-order valence-electron chi connectivity index (χ0n) is 12.9. The number of nitrogens with two attached hydrogens (primary N) is 1. The molecule has 2 rings (SSSR count). The van der Waals surface area contributed by atoms with Crippen LogP contribution in [-0.4, -0.2) is 35.9 Å². The maximum Gasteiger partial charge on any atom is 0.239 e. The summed E-state index contributed by atoms with van der Waals surface area (Å²) in [6.07, 6.45) is 1.56. The predicted molar refractivity (Wildman–Crippen MR) is 89.0 cm³/mol. The Hall–Kier alpha value is -2.19. The van der Waals surface area contributed by atoms with Crippen LogP contribution in [0.4, 0.5) is 5.13 Å². The normalized spacial score (nSPS) is 10.3. The number of amides is 1. The molecule has 0 aliphatic rings. The SMILES string of the molecule is CCOc1ccc(OCCCc2nnc(NC(=O)CN)s2)cc1. The van der Waals surface area contributed by atoms with Crippen molar-refractivity contribution in [3.05, 3.63) is 29.3 Å². The standard InChI is InChI=1S/C15H20N4O3S/c1-2-21-11-5-7-12(8-6-11)22-9-3-4-14-18-19-15(23-14)17-13(20)10-16/h5-8H,2-4,9-10,16H2,1H3,(H,17,19,20).